The second-order valence-electron chi connectivity index (χ2n) is 6.59. The third-order valence-corrected chi connectivity index (χ3v) is 4.61. The molecule has 0 spiro atoms. The molecule has 1 aliphatic rings. The first-order chi connectivity index (χ1) is 13.2. The highest BCUT2D eigenvalue weighted by atomic mass is 19.1. The molecule has 2 heterocycles. The summed E-state index contributed by atoms with van der Waals surface area (Å²) in [6, 6.07) is 9.24. The van der Waals surface area contributed by atoms with E-state index in [1.165, 1.54) is 0 Å². The number of pyridine rings is 1. The molecule has 0 unspecified atom stereocenters. The van der Waals surface area contributed by atoms with Crippen LogP contribution in [0.2, 0.25) is 0 Å². The summed E-state index contributed by atoms with van der Waals surface area (Å²) in [7, 11) is 0. The number of allylic oxidation sites excluding steroid dienone is 6. The lowest BCUT2D eigenvalue weighted by molar-refractivity contribution is 0.112. The lowest BCUT2D eigenvalue weighted by Crippen LogP contribution is -1.92. The first-order valence-corrected chi connectivity index (χ1v) is 8.79. The van der Waals surface area contributed by atoms with Crippen molar-refractivity contribution >= 4 is 22.9 Å². The monoisotopic (exact) mass is 359 g/mol. The first-order valence-electron chi connectivity index (χ1n) is 8.79. The highest BCUT2D eigenvalue weighted by Gasteiger charge is 2.16. The fraction of sp³-hybridized carbons (Fsp3) is 0.136. The Labute approximate surface area is 156 Å². The zero-order valence-electron chi connectivity index (χ0n) is 14.9. The Kier molecular flexibility index (Phi) is 4.50. The van der Waals surface area contributed by atoms with Crippen LogP contribution in [0.15, 0.2) is 66.2 Å². The van der Waals surface area contributed by atoms with E-state index in [1.54, 1.807) is 18.3 Å². The van der Waals surface area contributed by atoms with Crippen molar-refractivity contribution < 1.29 is 9.18 Å². The second kappa shape index (κ2) is 7.11. The summed E-state index contributed by atoms with van der Waals surface area (Å²) in [4.78, 5) is 15.5. The molecule has 1 aromatic carbocycles. The van der Waals surface area contributed by atoms with Crippen molar-refractivity contribution in [2.45, 2.75) is 19.8 Å². The van der Waals surface area contributed by atoms with Gasteiger partial charge in [-0.25, -0.2) is 9.37 Å². The molecule has 0 fully saturated rings. The normalized spacial score (nSPS) is 20.6. The van der Waals surface area contributed by atoms with Crippen LogP contribution in [0.5, 0.6) is 0 Å². The number of hydrogen-bond acceptors (Lipinski definition) is 3. The van der Waals surface area contributed by atoms with Gasteiger partial charge >= 0.3 is 0 Å². The van der Waals surface area contributed by atoms with Crippen molar-refractivity contribution in [1.29, 1.82) is 0 Å². The van der Waals surface area contributed by atoms with Gasteiger partial charge in [0.05, 0.1) is 5.69 Å². The van der Waals surface area contributed by atoms with Crippen molar-refractivity contribution in [2.75, 3.05) is 0 Å². The molecule has 0 atom stereocenters. The Hall–Kier alpha value is -3.34. The average Bonchev–Trinajstić information content (AvgIpc) is 3.11. The predicted octanol–water partition coefficient (Wildman–Crippen LogP) is 5.41. The van der Waals surface area contributed by atoms with Crippen LogP contribution in [0.4, 0.5) is 4.39 Å². The summed E-state index contributed by atoms with van der Waals surface area (Å²) >= 11 is 0. The molecule has 1 aliphatic carbocycles. The minimum Gasteiger partial charge on any atom is -0.298 e. The SMILES string of the molecule is CC1=C/C(c2[nH]nc3ncc(-c4cccc(C=O)c4)cc23)=C(/F)CC/C=C\1. The highest BCUT2D eigenvalue weighted by molar-refractivity contribution is 5.94. The number of hydrogen-bond donors (Lipinski definition) is 1. The van der Waals surface area contributed by atoms with Crippen molar-refractivity contribution in [3.8, 4) is 11.1 Å². The molecular weight excluding hydrogens is 341 g/mol. The van der Waals surface area contributed by atoms with Crippen LogP contribution < -0.4 is 0 Å². The second-order valence-corrected chi connectivity index (χ2v) is 6.59. The summed E-state index contributed by atoms with van der Waals surface area (Å²) in [5.74, 6) is -0.169. The van der Waals surface area contributed by atoms with Crippen molar-refractivity contribution in [1.82, 2.24) is 15.2 Å². The number of nitrogens with one attached hydrogen (secondary N) is 1. The lowest BCUT2D eigenvalue weighted by Gasteiger charge is -2.08. The molecule has 4 nitrogen and oxygen atoms in total. The summed E-state index contributed by atoms with van der Waals surface area (Å²) < 4.78 is 14.8. The van der Waals surface area contributed by atoms with Gasteiger partial charge in [-0.15, -0.1) is 0 Å². The topological polar surface area (TPSA) is 58.6 Å². The number of H-pyrrole nitrogens is 1. The van der Waals surface area contributed by atoms with Crippen molar-refractivity contribution in [3.63, 3.8) is 0 Å². The van der Waals surface area contributed by atoms with Crippen LogP contribution in [0.1, 0.15) is 35.8 Å². The van der Waals surface area contributed by atoms with E-state index in [-0.39, 0.29) is 5.83 Å². The minimum absolute atomic E-state index is 0.169. The van der Waals surface area contributed by atoms with E-state index in [9.17, 15) is 9.18 Å². The summed E-state index contributed by atoms with van der Waals surface area (Å²) in [6.07, 6.45) is 9.35. The van der Waals surface area contributed by atoms with E-state index in [0.717, 1.165) is 28.4 Å². The Morgan fingerprint density at radius 3 is 2.96 bits per heavy atom. The standard InChI is InChI=1S/C22H18FN3O/c1-14-5-2-3-8-20(23)18(9-14)21-19-11-17(12-24-22(19)26-25-21)16-7-4-6-15(10-16)13-27/h2,4-7,9-13H,3,8H2,1H3,(H,24,25,26)/b5-2-,14-9-,20-18-. The molecule has 5 heteroatoms. The maximum absolute atomic E-state index is 14.8. The number of benzene rings is 1. The summed E-state index contributed by atoms with van der Waals surface area (Å²) in [5.41, 5.74) is 4.97. The van der Waals surface area contributed by atoms with Crippen LogP contribution in [-0.4, -0.2) is 21.5 Å². The molecule has 3 aromatic rings. The number of aldehydes is 1. The van der Waals surface area contributed by atoms with Crippen molar-refractivity contribution in [2.24, 2.45) is 0 Å². The fourth-order valence-corrected chi connectivity index (χ4v) is 3.23. The number of carbonyl (C=O) groups excluding carboxylic acids is 1. The third-order valence-electron chi connectivity index (χ3n) is 4.61. The molecule has 0 bridgehead atoms. The van der Waals surface area contributed by atoms with E-state index in [1.807, 2.05) is 43.4 Å². The molecule has 0 radical (unpaired) electrons. The highest BCUT2D eigenvalue weighted by Crippen LogP contribution is 2.32. The average molecular weight is 359 g/mol. The zero-order valence-corrected chi connectivity index (χ0v) is 14.9. The molecule has 134 valence electrons. The quantitative estimate of drug-likeness (QED) is 0.636. The van der Waals surface area contributed by atoms with Crippen LogP contribution in [-0.2, 0) is 0 Å². The van der Waals surface area contributed by atoms with E-state index in [0.29, 0.717) is 35.3 Å². The van der Waals surface area contributed by atoms with E-state index in [4.69, 9.17) is 0 Å². The van der Waals surface area contributed by atoms with Gasteiger partial charge in [0, 0.05) is 34.7 Å². The smallest absolute Gasteiger partial charge is 0.181 e. The third kappa shape index (κ3) is 3.36. The van der Waals surface area contributed by atoms with Gasteiger partial charge in [0.15, 0.2) is 5.65 Å². The molecule has 2 aromatic heterocycles. The number of rotatable bonds is 3. The van der Waals surface area contributed by atoms with Gasteiger partial charge in [0.25, 0.3) is 0 Å². The number of aromatic amines is 1. The number of halogens is 1. The molecule has 27 heavy (non-hydrogen) atoms. The maximum atomic E-state index is 14.8. The van der Waals surface area contributed by atoms with E-state index < -0.39 is 0 Å². The first kappa shape index (κ1) is 17.1. The molecule has 0 saturated carbocycles. The number of aromatic nitrogens is 3. The zero-order chi connectivity index (χ0) is 18.8. The predicted molar refractivity (Wildman–Crippen MR) is 105 cm³/mol. The van der Waals surface area contributed by atoms with Crippen LogP contribution in [0.25, 0.3) is 27.7 Å². The van der Waals surface area contributed by atoms with Gasteiger partial charge in [-0.05, 0) is 37.1 Å². The van der Waals surface area contributed by atoms with Crippen LogP contribution in [0, 0.1) is 0 Å². The number of nitrogens with zero attached hydrogens (tertiary/aromatic N) is 2. The Bertz CT molecular complexity index is 1120. The Morgan fingerprint density at radius 2 is 2.11 bits per heavy atom. The Morgan fingerprint density at radius 1 is 1.22 bits per heavy atom. The fourth-order valence-electron chi connectivity index (χ4n) is 3.23. The van der Waals surface area contributed by atoms with E-state index >= 15 is 0 Å². The molecule has 1 N–H and O–H groups in total. The molecule has 4 rings (SSSR count). The van der Waals surface area contributed by atoms with Crippen LogP contribution in [0.3, 0.4) is 0 Å². The van der Waals surface area contributed by atoms with Gasteiger partial charge in [-0.2, -0.15) is 5.10 Å². The van der Waals surface area contributed by atoms with Crippen LogP contribution >= 0.6 is 0 Å². The summed E-state index contributed by atoms with van der Waals surface area (Å²) in [6.45, 7) is 1.95. The van der Waals surface area contributed by atoms with Gasteiger partial charge < -0.3 is 0 Å². The van der Waals surface area contributed by atoms with Gasteiger partial charge in [0.2, 0.25) is 0 Å². The molecule has 0 amide bonds. The molecular formula is C22H18FN3O. The lowest BCUT2D eigenvalue weighted by atomic mass is 9.99. The summed E-state index contributed by atoms with van der Waals surface area (Å²) in [5, 5.41) is 7.94. The maximum Gasteiger partial charge on any atom is 0.181 e. The van der Waals surface area contributed by atoms with Gasteiger partial charge in [0.1, 0.15) is 12.1 Å². The number of fused-ring (bicyclic) bond motifs is 1. The number of carbonyl (C=O) groups is 1. The molecule has 0 saturated heterocycles. The van der Waals surface area contributed by atoms with Gasteiger partial charge in [-0.1, -0.05) is 35.9 Å². The van der Waals surface area contributed by atoms with Crippen molar-refractivity contribution in [3.05, 3.63) is 77.4 Å². The largest absolute Gasteiger partial charge is 0.298 e. The molecule has 0 aliphatic heterocycles. The van der Waals surface area contributed by atoms with Gasteiger partial charge in [-0.3, -0.25) is 9.89 Å². The minimum atomic E-state index is -0.169. The van der Waals surface area contributed by atoms with E-state index in [2.05, 4.69) is 15.2 Å². The Balaban J connectivity index is 1.87.